The van der Waals surface area contributed by atoms with Crippen molar-refractivity contribution in [1.29, 1.82) is 0 Å². The van der Waals surface area contributed by atoms with Crippen LogP contribution in [-0.2, 0) is 16.8 Å². The molecule has 33 heavy (non-hydrogen) atoms. The van der Waals surface area contributed by atoms with E-state index in [-0.39, 0.29) is 11.3 Å². The zero-order valence-corrected chi connectivity index (χ0v) is 19.6. The molecule has 0 unspecified atom stereocenters. The van der Waals surface area contributed by atoms with E-state index >= 15 is 0 Å². The van der Waals surface area contributed by atoms with Crippen LogP contribution in [0.3, 0.4) is 0 Å². The lowest BCUT2D eigenvalue weighted by atomic mass is 9.68. The van der Waals surface area contributed by atoms with Crippen molar-refractivity contribution in [1.82, 2.24) is 10.6 Å². The molecule has 0 aromatic heterocycles. The van der Waals surface area contributed by atoms with E-state index in [1.165, 1.54) is 22.3 Å². The van der Waals surface area contributed by atoms with Gasteiger partial charge in [-0.05, 0) is 60.1 Å². The molecule has 4 heteroatoms. The second-order valence-electron chi connectivity index (χ2n) is 9.14. The van der Waals surface area contributed by atoms with Crippen LogP contribution in [0.2, 0.25) is 0 Å². The predicted molar refractivity (Wildman–Crippen MR) is 134 cm³/mol. The number of carbonyl (C=O) groups is 1. The Kier molecular flexibility index (Phi) is 7.46. The Hall–Kier alpha value is -3.11. The average Bonchev–Trinajstić information content (AvgIpc) is 2.88. The summed E-state index contributed by atoms with van der Waals surface area (Å²) >= 11 is 0. The van der Waals surface area contributed by atoms with Gasteiger partial charge in [-0.15, -0.1) is 0 Å². The summed E-state index contributed by atoms with van der Waals surface area (Å²) < 4.78 is 5.46. The number of nitrogens with one attached hydrogen (secondary N) is 2. The van der Waals surface area contributed by atoms with Gasteiger partial charge in [0.25, 0.3) is 0 Å². The molecule has 172 valence electrons. The monoisotopic (exact) mass is 442 g/mol. The Morgan fingerprint density at radius 2 is 1.64 bits per heavy atom. The normalized spacial score (nSPS) is 20.2. The van der Waals surface area contributed by atoms with Crippen molar-refractivity contribution in [2.45, 2.75) is 50.6 Å². The maximum atomic E-state index is 11.7. The minimum atomic E-state index is -0.0459. The second kappa shape index (κ2) is 10.7. The van der Waals surface area contributed by atoms with E-state index in [1.807, 2.05) is 18.2 Å². The van der Waals surface area contributed by atoms with Crippen molar-refractivity contribution in [2.75, 3.05) is 13.7 Å². The van der Waals surface area contributed by atoms with Crippen LogP contribution in [0.25, 0.3) is 11.1 Å². The summed E-state index contributed by atoms with van der Waals surface area (Å²) in [6.45, 7) is 3.14. The third kappa shape index (κ3) is 5.82. The molecule has 0 bridgehead atoms. The van der Waals surface area contributed by atoms with Crippen molar-refractivity contribution >= 4 is 5.91 Å². The fourth-order valence-corrected chi connectivity index (χ4v) is 4.90. The molecule has 1 aliphatic rings. The first kappa shape index (κ1) is 23.1. The summed E-state index contributed by atoms with van der Waals surface area (Å²) in [6.07, 6.45) is 4.23. The Morgan fingerprint density at radius 3 is 2.30 bits per heavy atom. The van der Waals surface area contributed by atoms with Crippen molar-refractivity contribution in [3.05, 3.63) is 90.0 Å². The number of rotatable bonds is 8. The minimum Gasteiger partial charge on any atom is -0.497 e. The molecule has 0 atom stereocenters. The van der Waals surface area contributed by atoms with Crippen molar-refractivity contribution in [3.8, 4) is 16.9 Å². The Labute approximate surface area is 197 Å². The molecule has 1 fully saturated rings. The molecular weight excluding hydrogens is 408 g/mol. The van der Waals surface area contributed by atoms with E-state index in [1.54, 1.807) is 14.0 Å². The number of amides is 1. The van der Waals surface area contributed by atoms with Gasteiger partial charge in [0, 0.05) is 31.5 Å². The minimum absolute atomic E-state index is 0.0245. The van der Waals surface area contributed by atoms with Gasteiger partial charge in [-0.25, -0.2) is 0 Å². The van der Waals surface area contributed by atoms with E-state index in [2.05, 4.69) is 71.3 Å². The highest BCUT2D eigenvalue weighted by Gasteiger charge is 2.37. The van der Waals surface area contributed by atoms with Crippen LogP contribution < -0.4 is 15.4 Å². The molecule has 0 spiro atoms. The number of benzene rings is 3. The largest absolute Gasteiger partial charge is 0.497 e. The van der Waals surface area contributed by atoms with Gasteiger partial charge in [-0.3, -0.25) is 4.79 Å². The first-order valence-electron chi connectivity index (χ1n) is 11.8. The lowest BCUT2D eigenvalue weighted by molar-refractivity contribution is -0.119. The number of hydrogen-bond acceptors (Lipinski definition) is 3. The molecule has 0 aliphatic heterocycles. The van der Waals surface area contributed by atoms with Crippen LogP contribution in [0.1, 0.15) is 43.7 Å². The quantitative estimate of drug-likeness (QED) is 0.486. The fraction of sp³-hybridized carbons (Fsp3) is 0.345. The van der Waals surface area contributed by atoms with Gasteiger partial charge < -0.3 is 15.4 Å². The first-order chi connectivity index (χ1) is 16.1. The first-order valence-corrected chi connectivity index (χ1v) is 11.8. The molecule has 3 aromatic rings. The number of ether oxygens (including phenoxy) is 1. The summed E-state index contributed by atoms with van der Waals surface area (Å²) in [4.78, 5) is 11.7. The molecule has 0 heterocycles. The summed E-state index contributed by atoms with van der Waals surface area (Å²) in [5.74, 6) is 0.894. The van der Waals surface area contributed by atoms with Gasteiger partial charge in [0.15, 0.2) is 0 Å². The third-order valence-electron chi connectivity index (χ3n) is 6.96. The Balaban J connectivity index is 1.37. The second-order valence-corrected chi connectivity index (χ2v) is 9.14. The highest BCUT2D eigenvalue weighted by molar-refractivity contribution is 5.73. The van der Waals surface area contributed by atoms with Crippen LogP contribution in [0.15, 0.2) is 78.9 Å². The summed E-state index contributed by atoms with van der Waals surface area (Å²) in [5.41, 5.74) is 5.01. The van der Waals surface area contributed by atoms with Gasteiger partial charge in [0.2, 0.25) is 5.91 Å². The highest BCUT2D eigenvalue weighted by atomic mass is 16.5. The Bertz CT molecular complexity index is 1040. The van der Waals surface area contributed by atoms with E-state index in [0.29, 0.717) is 12.6 Å². The number of hydrogen-bond donors (Lipinski definition) is 2. The third-order valence-corrected chi connectivity index (χ3v) is 6.96. The standard InChI is InChI=1S/C29H34N2O2/c1-22(32)31-21-29(26-9-6-10-28(19-26)33-2)17-15-27(16-18-29)30-20-23-11-13-25(14-12-23)24-7-4-3-5-8-24/h3-14,19,27,30H,15-18,20-21H2,1-2H3,(H,31,32)/t27-,29-. The SMILES string of the molecule is COc1cccc([C@]2(CNC(C)=O)CC[C@@H](NCc3ccc(-c4ccccc4)cc3)CC2)c1. The molecule has 1 amide bonds. The van der Waals surface area contributed by atoms with Crippen molar-refractivity contribution < 1.29 is 9.53 Å². The maximum absolute atomic E-state index is 11.7. The maximum Gasteiger partial charge on any atom is 0.216 e. The topological polar surface area (TPSA) is 50.4 Å². The van der Waals surface area contributed by atoms with E-state index in [4.69, 9.17) is 4.74 Å². The van der Waals surface area contributed by atoms with Gasteiger partial charge in [0.05, 0.1) is 7.11 Å². The van der Waals surface area contributed by atoms with Crippen LogP contribution in [0.5, 0.6) is 5.75 Å². The van der Waals surface area contributed by atoms with Gasteiger partial charge in [-0.1, -0.05) is 66.7 Å². The predicted octanol–water partition coefficient (Wildman–Crippen LogP) is 5.47. The molecule has 3 aromatic carbocycles. The van der Waals surface area contributed by atoms with E-state index < -0.39 is 0 Å². The molecule has 2 N–H and O–H groups in total. The van der Waals surface area contributed by atoms with Gasteiger partial charge >= 0.3 is 0 Å². The summed E-state index contributed by atoms with van der Waals surface area (Å²) in [7, 11) is 1.70. The molecule has 4 rings (SSSR count). The number of methoxy groups -OCH3 is 1. The molecule has 0 saturated heterocycles. The Morgan fingerprint density at radius 1 is 0.939 bits per heavy atom. The lowest BCUT2D eigenvalue weighted by Gasteiger charge is -2.41. The molecule has 1 saturated carbocycles. The van der Waals surface area contributed by atoms with Gasteiger partial charge in [-0.2, -0.15) is 0 Å². The lowest BCUT2D eigenvalue weighted by Crippen LogP contribution is -2.46. The fourth-order valence-electron chi connectivity index (χ4n) is 4.90. The van der Waals surface area contributed by atoms with Crippen LogP contribution in [-0.4, -0.2) is 25.6 Å². The summed E-state index contributed by atoms with van der Waals surface area (Å²) in [5, 5.41) is 6.85. The van der Waals surface area contributed by atoms with Crippen molar-refractivity contribution in [2.24, 2.45) is 0 Å². The molecule has 0 radical (unpaired) electrons. The highest BCUT2D eigenvalue weighted by Crippen LogP contribution is 2.40. The average molecular weight is 443 g/mol. The van der Waals surface area contributed by atoms with Crippen LogP contribution in [0.4, 0.5) is 0 Å². The van der Waals surface area contributed by atoms with E-state index in [0.717, 1.165) is 38.0 Å². The number of carbonyl (C=O) groups excluding carboxylic acids is 1. The molecule has 4 nitrogen and oxygen atoms in total. The zero-order valence-electron chi connectivity index (χ0n) is 19.6. The smallest absolute Gasteiger partial charge is 0.216 e. The van der Waals surface area contributed by atoms with Crippen LogP contribution in [0, 0.1) is 0 Å². The van der Waals surface area contributed by atoms with Gasteiger partial charge in [0.1, 0.15) is 5.75 Å². The summed E-state index contributed by atoms with van der Waals surface area (Å²) in [6, 6.07) is 28.1. The van der Waals surface area contributed by atoms with Crippen molar-refractivity contribution in [3.63, 3.8) is 0 Å². The van der Waals surface area contributed by atoms with Crippen LogP contribution >= 0.6 is 0 Å². The van der Waals surface area contributed by atoms with E-state index in [9.17, 15) is 4.79 Å². The molecule has 1 aliphatic carbocycles. The molecular formula is C29H34N2O2. The zero-order chi connectivity index (χ0) is 23.1.